The van der Waals surface area contributed by atoms with Crippen LogP contribution in [0.5, 0.6) is 0 Å². The van der Waals surface area contributed by atoms with E-state index in [1.165, 1.54) is 5.56 Å². The molecule has 0 radical (unpaired) electrons. The average Bonchev–Trinajstić information content (AvgIpc) is 2.70. The van der Waals surface area contributed by atoms with Crippen molar-refractivity contribution in [2.45, 2.75) is 32.6 Å². The maximum atomic E-state index is 6.12. The third-order valence-electron chi connectivity index (χ3n) is 4.32. The van der Waals surface area contributed by atoms with Crippen molar-refractivity contribution in [2.75, 3.05) is 5.73 Å². The van der Waals surface area contributed by atoms with Crippen LogP contribution in [0, 0.1) is 12.3 Å². The van der Waals surface area contributed by atoms with Crippen LogP contribution < -0.4 is 5.73 Å². The molecule has 2 atom stereocenters. The number of rotatable bonds is 2. The number of aryl methyl sites for hydroxylation is 1. The second-order valence-corrected chi connectivity index (χ2v) is 6.97. The Morgan fingerprint density at radius 2 is 1.75 bits per heavy atom. The molecular formula is C15H17Cl2N3. The molecule has 3 N–H and O–H groups in total. The lowest BCUT2D eigenvalue weighted by molar-refractivity contribution is 0.597. The van der Waals surface area contributed by atoms with Gasteiger partial charge in [-0.05, 0) is 42.0 Å². The normalized spacial score (nSPS) is 23.9. The predicted octanol–water partition coefficient (Wildman–Crippen LogP) is 4.51. The van der Waals surface area contributed by atoms with Crippen molar-refractivity contribution in [3.05, 3.63) is 45.2 Å². The molecule has 3 nitrogen and oxygen atoms in total. The van der Waals surface area contributed by atoms with Gasteiger partial charge < -0.3 is 10.7 Å². The third-order valence-corrected chi connectivity index (χ3v) is 4.76. The Kier molecular flexibility index (Phi) is 3.03. The van der Waals surface area contributed by atoms with E-state index in [0.29, 0.717) is 27.8 Å². The number of halogens is 2. The fourth-order valence-electron chi connectivity index (χ4n) is 3.35. The van der Waals surface area contributed by atoms with Crippen molar-refractivity contribution in [1.82, 2.24) is 9.97 Å². The minimum atomic E-state index is 0.137. The Morgan fingerprint density at radius 1 is 1.15 bits per heavy atom. The molecule has 1 saturated carbocycles. The minimum Gasteiger partial charge on any atom is -0.369 e. The molecule has 0 spiro atoms. The Bertz CT molecular complexity index is 656. The summed E-state index contributed by atoms with van der Waals surface area (Å²) in [5.41, 5.74) is 9.15. The van der Waals surface area contributed by atoms with Gasteiger partial charge in [-0.15, -0.1) is 0 Å². The van der Waals surface area contributed by atoms with Gasteiger partial charge in [0.15, 0.2) is 5.95 Å². The summed E-state index contributed by atoms with van der Waals surface area (Å²) < 4.78 is 0. The molecule has 1 aliphatic carbocycles. The smallest absolute Gasteiger partial charge is 0.197 e. The second kappa shape index (κ2) is 4.40. The zero-order valence-corrected chi connectivity index (χ0v) is 13.2. The van der Waals surface area contributed by atoms with Gasteiger partial charge in [-0.2, -0.15) is 0 Å². The molecule has 20 heavy (non-hydrogen) atoms. The van der Waals surface area contributed by atoms with Crippen molar-refractivity contribution < 1.29 is 0 Å². The van der Waals surface area contributed by atoms with E-state index in [0.717, 1.165) is 11.4 Å². The summed E-state index contributed by atoms with van der Waals surface area (Å²) in [6.45, 7) is 6.47. The fraction of sp³-hybridized carbons (Fsp3) is 0.400. The number of nitrogen functional groups attached to an aromatic ring is 1. The number of aromatic amines is 1. The molecule has 1 fully saturated rings. The highest BCUT2D eigenvalue weighted by Crippen LogP contribution is 2.70. The number of hydrogen-bond donors (Lipinski definition) is 2. The first-order valence-corrected chi connectivity index (χ1v) is 7.34. The molecule has 1 heterocycles. The summed E-state index contributed by atoms with van der Waals surface area (Å²) in [5.74, 6) is 1.21. The van der Waals surface area contributed by atoms with E-state index < -0.39 is 0 Å². The van der Waals surface area contributed by atoms with Gasteiger partial charge in [0, 0.05) is 21.7 Å². The molecular weight excluding hydrogens is 293 g/mol. The van der Waals surface area contributed by atoms with E-state index in [2.05, 4.69) is 23.8 Å². The Balaban J connectivity index is 2.01. The highest BCUT2D eigenvalue weighted by Gasteiger charge is 2.60. The van der Waals surface area contributed by atoms with E-state index in [1.54, 1.807) is 6.07 Å². The number of nitrogens with one attached hydrogen (secondary N) is 1. The maximum absolute atomic E-state index is 6.12. The van der Waals surface area contributed by atoms with Gasteiger partial charge in [0.25, 0.3) is 0 Å². The molecule has 2 aromatic rings. The second-order valence-electron chi connectivity index (χ2n) is 6.10. The van der Waals surface area contributed by atoms with Gasteiger partial charge in [0.2, 0.25) is 0 Å². The van der Waals surface area contributed by atoms with Crippen molar-refractivity contribution in [1.29, 1.82) is 0 Å². The zero-order valence-electron chi connectivity index (χ0n) is 11.7. The van der Waals surface area contributed by atoms with Crippen LogP contribution >= 0.6 is 23.2 Å². The van der Waals surface area contributed by atoms with E-state index in [9.17, 15) is 0 Å². The Hall–Kier alpha value is -1.19. The number of aromatic nitrogens is 2. The summed E-state index contributed by atoms with van der Waals surface area (Å²) in [7, 11) is 0. The lowest BCUT2D eigenvalue weighted by Crippen LogP contribution is -1.92. The lowest BCUT2D eigenvalue weighted by Gasteiger charge is -2.04. The van der Waals surface area contributed by atoms with Gasteiger partial charge >= 0.3 is 0 Å². The molecule has 1 aromatic heterocycles. The molecule has 0 bridgehead atoms. The monoisotopic (exact) mass is 309 g/mol. The summed E-state index contributed by atoms with van der Waals surface area (Å²) in [6.07, 6.45) is 0. The van der Waals surface area contributed by atoms with E-state index in [1.807, 2.05) is 19.1 Å². The number of nitrogens with two attached hydrogens (primary N) is 1. The zero-order chi connectivity index (χ0) is 14.7. The first-order chi connectivity index (χ1) is 9.30. The van der Waals surface area contributed by atoms with Crippen LogP contribution in [-0.4, -0.2) is 9.97 Å². The van der Waals surface area contributed by atoms with Crippen molar-refractivity contribution in [3.8, 4) is 0 Å². The lowest BCUT2D eigenvalue weighted by atomic mass is 10.0. The van der Waals surface area contributed by atoms with Crippen LogP contribution in [0.1, 0.15) is 42.6 Å². The Morgan fingerprint density at radius 3 is 2.25 bits per heavy atom. The topological polar surface area (TPSA) is 54.7 Å². The van der Waals surface area contributed by atoms with Gasteiger partial charge in [0.05, 0.1) is 5.69 Å². The molecule has 1 aromatic carbocycles. The number of hydrogen-bond acceptors (Lipinski definition) is 2. The molecule has 5 heteroatoms. The predicted molar refractivity (Wildman–Crippen MR) is 83.5 cm³/mol. The van der Waals surface area contributed by atoms with E-state index >= 15 is 0 Å². The molecule has 106 valence electrons. The van der Waals surface area contributed by atoms with Crippen LogP contribution in [0.3, 0.4) is 0 Å². The van der Waals surface area contributed by atoms with Crippen LogP contribution in [-0.2, 0) is 0 Å². The average molecular weight is 310 g/mol. The maximum Gasteiger partial charge on any atom is 0.197 e. The molecule has 0 aliphatic heterocycles. The SMILES string of the molecule is Cc1nc(N)[nH]c1[C@@H]1[C@@H](c2cc(Cl)cc(Cl)c2)C1(C)C. The van der Waals surface area contributed by atoms with Crippen LogP contribution in [0.4, 0.5) is 5.95 Å². The van der Waals surface area contributed by atoms with Crippen molar-refractivity contribution in [3.63, 3.8) is 0 Å². The molecule has 0 unspecified atom stereocenters. The van der Waals surface area contributed by atoms with Crippen LogP contribution in [0.25, 0.3) is 0 Å². The number of anilines is 1. The number of nitrogens with zero attached hydrogens (tertiary/aromatic N) is 1. The first kappa shape index (κ1) is 13.8. The van der Waals surface area contributed by atoms with Gasteiger partial charge in [-0.25, -0.2) is 4.98 Å². The summed E-state index contributed by atoms with van der Waals surface area (Å²) >= 11 is 12.2. The quantitative estimate of drug-likeness (QED) is 0.857. The number of benzene rings is 1. The summed E-state index contributed by atoms with van der Waals surface area (Å²) in [5, 5.41) is 1.35. The first-order valence-electron chi connectivity index (χ1n) is 6.58. The summed E-state index contributed by atoms with van der Waals surface area (Å²) in [4.78, 5) is 7.46. The van der Waals surface area contributed by atoms with Crippen LogP contribution in [0.2, 0.25) is 10.0 Å². The standard InChI is InChI=1S/C15H17Cl2N3/c1-7-13(20-14(18)19-7)12-11(15(12,2)3)8-4-9(16)6-10(17)5-8/h4-6,11-12H,1-3H3,(H3,18,19,20)/t11-,12+/m1/s1. The largest absolute Gasteiger partial charge is 0.369 e. The van der Waals surface area contributed by atoms with Crippen molar-refractivity contribution >= 4 is 29.2 Å². The minimum absolute atomic E-state index is 0.137. The number of imidazole rings is 1. The van der Waals surface area contributed by atoms with Crippen LogP contribution in [0.15, 0.2) is 18.2 Å². The molecule has 0 saturated heterocycles. The van der Waals surface area contributed by atoms with E-state index in [-0.39, 0.29) is 5.41 Å². The molecule has 0 amide bonds. The third kappa shape index (κ3) is 2.09. The molecule has 3 rings (SSSR count). The fourth-order valence-corrected chi connectivity index (χ4v) is 3.90. The number of H-pyrrole nitrogens is 1. The van der Waals surface area contributed by atoms with Gasteiger partial charge in [-0.1, -0.05) is 37.0 Å². The highest BCUT2D eigenvalue weighted by molar-refractivity contribution is 6.34. The van der Waals surface area contributed by atoms with Gasteiger partial charge in [0.1, 0.15) is 0 Å². The molecule has 1 aliphatic rings. The van der Waals surface area contributed by atoms with Gasteiger partial charge in [-0.3, -0.25) is 0 Å². The Labute approximate surface area is 128 Å². The summed E-state index contributed by atoms with van der Waals surface area (Å²) in [6, 6.07) is 5.75. The van der Waals surface area contributed by atoms with Crippen molar-refractivity contribution in [2.24, 2.45) is 5.41 Å². The highest BCUT2D eigenvalue weighted by atomic mass is 35.5. The van der Waals surface area contributed by atoms with E-state index in [4.69, 9.17) is 28.9 Å².